The van der Waals surface area contributed by atoms with Gasteiger partial charge in [-0.3, -0.25) is 14.4 Å². The van der Waals surface area contributed by atoms with E-state index in [1.807, 2.05) is 60.7 Å². The number of carboxylic acid groups (broad SMARTS) is 1. The van der Waals surface area contributed by atoms with Gasteiger partial charge in [0.25, 0.3) is 5.91 Å². The van der Waals surface area contributed by atoms with E-state index >= 15 is 0 Å². The van der Waals surface area contributed by atoms with Gasteiger partial charge in [-0.1, -0.05) is 102 Å². The second kappa shape index (κ2) is 18.8. The van der Waals surface area contributed by atoms with Crippen LogP contribution in [0, 0.1) is 0 Å². The Kier molecular flexibility index (Phi) is 14.3. The molecule has 4 aromatic rings. The standard InChI is InChI=1S/C41H50N4O6/c1-5-6-7-8-9-22-51-35-20-16-29(17-21-35)32-25-42-38(43-26-32)30-12-10-28(11-13-30)23-36(40(50)44-34(27-46)24-37(47)48)45-39(49)31-14-18-33(19-15-31)41(2,3)4/h10-21,25-26,34,36,46H,5-9,22-24,27H2,1-4H3,(H,44,50)(H,45,49)(H,47,48)/t34?,36-/m0/s1. The van der Waals surface area contributed by atoms with Crippen molar-refractivity contribution < 1.29 is 29.3 Å². The molecule has 10 nitrogen and oxygen atoms in total. The largest absolute Gasteiger partial charge is 0.494 e. The molecule has 4 N–H and O–H groups in total. The minimum atomic E-state index is -1.16. The minimum absolute atomic E-state index is 0.0885. The molecule has 1 unspecified atom stereocenters. The number of rotatable bonds is 18. The maximum atomic E-state index is 13.3. The molecule has 51 heavy (non-hydrogen) atoms. The lowest BCUT2D eigenvalue weighted by Gasteiger charge is -2.22. The van der Waals surface area contributed by atoms with Crippen LogP contribution in [0.25, 0.3) is 22.5 Å². The number of ether oxygens (including phenoxy) is 1. The monoisotopic (exact) mass is 694 g/mol. The summed E-state index contributed by atoms with van der Waals surface area (Å²) in [5.74, 6) is -0.825. The minimum Gasteiger partial charge on any atom is -0.494 e. The number of nitrogens with zero attached hydrogens (tertiary/aromatic N) is 2. The SMILES string of the molecule is CCCCCCCOc1ccc(-c2cnc(-c3ccc(C[C@H](NC(=O)c4ccc(C(C)(C)C)cc4)C(=O)NC(CO)CC(=O)O)cc3)nc2)cc1. The van der Waals surface area contributed by atoms with Crippen LogP contribution in [0.4, 0.5) is 0 Å². The second-order valence-corrected chi connectivity index (χ2v) is 13.8. The van der Waals surface area contributed by atoms with Crippen LogP contribution in [-0.2, 0) is 21.4 Å². The van der Waals surface area contributed by atoms with Gasteiger partial charge < -0.3 is 25.6 Å². The molecule has 1 heterocycles. The maximum Gasteiger partial charge on any atom is 0.305 e. The van der Waals surface area contributed by atoms with Crippen molar-refractivity contribution in [2.75, 3.05) is 13.2 Å². The molecule has 0 aliphatic heterocycles. The number of benzene rings is 3. The fourth-order valence-electron chi connectivity index (χ4n) is 5.54. The van der Waals surface area contributed by atoms with Gasteiger partial charge in [0.05, 0.1) is 25.7 Å². The van der Waals surface area contributed by atoms with Gasteiger partial charge in [0, 0.05) is 35.5 Å². The van der Waals surface area contributed by atoms with E-state index in [1.54, 1.807) is 24.5 Å². The third-order valence-electron chi connectivity index (χ3n) is 8.63. The number of unbranched alkanes of at least 4 members (excludes halogenated alkanes) is 4. The smallest absolute Gasteiger partial charge is 0.305 e. The highest BCUT2D eigenvalue weighted by atomic mass is 16.5. The van der Waals surface area contributed by atoms with Gasteiger partial charge in [-0.05, 0) is 52.8 Å². The van der Waals surface area contributed by atoms with Crippen LogP contribution in [0.2, 0.25) is 0 Å². The Balaban J connectivity index is 1.42. The van der Waals surface area contributed by atoms with E-state index in [-0.39, 0.29) is 11.8 Å². The molecular weight excluding hydrogens is 644 g/mol. The zero-order valence-corrected chi connectivity index (χ0v) is 30.0. The number of amides is 2. The summed E-state index contributed by atoms with van der Waals surface area (Å²) in [7, 11) is 0. The average Bonchev–Trinajstić information content (AvgIpc) is 3.12. The van der Waals surface area contributed by atoms with Crippen molar-refractivity contribution in [1.29, 1.82) is 0 Å². The number of hydrogen-bond donors (Lipinski definition) is 4. The van der Waals surface area contributed by atoms with E-state index < -0.39 is 42.9 Å². The van der Waals surface area contributed by atoms with E-state index in [1.165, 1.54) is 25.7 Å². The Hall–Kier alpha value is -5.09. The summed E-state index contributed by atoms with van der Waals surface area (Å²) in [6.45, 7) is 8.61. The van der Waals surface area contributed by atoms with Crippen molar-refractivity contribution in [2.45, 2.75) is 90.1 Å². The van der Waals surface area contributed by atoms with Crippen LogP contribution >= 0.6 is 0 Å². The van der Waals surface area contributed by atoms with E-state index in [9.17, 15) is 24.6 Å². The van der Waals surface area contributed by atoms with Crippen LogP contribution in [-0.4, -0.2) is 63.3 Å². The van der Waals surface area contributed by atoms with Gasteiger partial charge in [0.1, 0.15) is 11.8 Å². The summed E-state index contributed by atoms with van der Waals surface area (Å²) in [5.41, 5.74) is 4.75. The normalized spacial score (nSPS) is 12.5. The first-order chi connectivity index (χ1) is 24.5. The van der Waals surface area contributed by atoms with Crippen molar-refractivity contribution in [3.8, 4) is 28.3 Å². The topological polar surface area (TPSA) is 151 Å². The lowest BCUT2D eigenvalue weighted by Crippen LogP contribution is -2.51. The average molecular weight is 695 g/mol. The molecule has 0 radical (unpaired) electrons. The summed E-state index contributed by atoms with van der Waals surface area (Å²) in [4.78, 5) is 47.0. The van der Waals surface area contributed by atoms with Gasteiger partial charge in [-0.2, -0.15) is 0 Å². The number of aliphatic carboxylic acids is 1. The Morgan fingerprint density at radius 2 is 1.41 bits per heavy atom. The van der Waals surface area contributed by atoms with Gasteiger partial charge in [-0.25, -0.2) is 9.97 Å². The second-order valence-electron chi connectivity index (χ2n) is 13.8. The van der Waals surface area contributed by atoms with E-state index in [0.29, 0.717) is 18.0 Å². The van der Waals surface area contributed by atoms with E-state index in [0.717, 1.165) is 40.0 Å². The molecule has 0 bridgehead atoms. The zero-order valence-electron chi connectivity index (χ0n) is 30.0. The summed E-state index contributed by atoms with van der Waals surface area (Å²) in [6.07, 6.45) is 9.20. The van der Waals surface area contributed by atoms with Gasteiger partial charge >= 0.3 is 5.97 Å². The molecule has 2 amide bonds. The Labute approximate surface area is 300 Å². The predicted molar refractivity (Wildman–Crippen MR) is 199 cm³/mol. The molecule has 0 saturated carbocycles. The fourth-order valence-corrected chi connectivity index (χ4v) is 5.54. The number of aliphatic hydroxyl groups excluding tert-OH is 1. The number of aliphatic hydroxyl groups is 1. The predicted octanol–water partition coefficient (Wildman–Crippen LogP) is 6.75. The maximum absolute atomic E-state index is 13.3. The van der Waals surface area contributed by atoms with Crippen molar-refractivity contribution >= 4 is 17.8 Å². The Bertz CT molecular complexity index is 1700. The summed E-state index contributed by atoms with van der Waals surface area (Å²) >= 11 is 0. The first-order valence-corrected chi connectivity index (χ1v) is 17.7. The molecular formula is C41H50N4O6. The number of carbonyl (C=O) groups excluding carboxylic acids is 2. The fraction of sp³-hybridized carbons (Fsp3) is 0.390. The van der Waals surface area contributed by atoms with Gasteiger partial charge in [0.15, 0.2) is 5.82 Å². The molecule has 0 saturated heterocycles. The Morgan fingerprint density at radius 1 is 0.784 bits per heavy atom. The molecule has 2 atom stereocenters. The van der Waals surface area contributed by atoms with Crippen molar-refractivity contribution in [1.82, 2.24) is 20.6 Å². The first-order valence-electron chi connectivity index (χ1n) is 17.7. The lowest BCUT2D eigenvalue weighted by atomic mass is 9.86. The molecule has 0 fully saturated rings. The summed E-state index contributed by atoms with van der Waals surface area (Å²) < 4.78 is 5.88. The van der Waals surface area contributed by atoms with Crippen LogP contribution < -0.4 is 15.4 Å². The molecule has 1 aromatic heterocycles. The van der Waals surface area contributed by atoms with Crippen molar-refractivity contribution in [3.05, 3.63) is 102 Å². The molecule has 270 valence electrons. The van der Waals surface area contributed by atoms with Crippen LogP contribution in [0.15, 0.2) is 85.2 Å². The zero-order chi connectivity index (χ0) is 36.8. The number of carboxylic acids is 1. The third kappa shape index (κ3) is 12.0. The molecule has 0 aliphatic carbocycles. The van der Waals surface area contributed by atoms with Gasteiger partial charge in [-0.15, -0.1) is 0 Å². The molecule has 0 aliphatic rings. The van der Waals surface area contributed by atoms with E-state index in [2.05, 4.69) is 48.3 Å². The molecule has 0 spiro atoms. The van der Waals surface area contributed by atoms with Crippen molar-refractivity contribution in [3.63, 3.8) is 0 Å². The van der Waals surface area contributed by atoms with Crippen LogP contribution in [0.3, 0.4) is 0 Å². The highest BCUT2D eigenvalue weighted by Gasteiger charge is 2.25. The highest BCUT2D eigenvalue weighted by Crippen LogP contribution is 2.25. The van der Waals surface area contributed by atoms with E-state index in [4.69, 9.17) is 4.74 Å². The highest BCUT2D eigenvalue weighted by molar-refractivity contribution is 5.97. The first kappa shape index (κ1) is 38.7. The molecule has 10 heteroatoms. The van der Waals surface area contributed by atoms with Crippen LogP contribution in [0.1, 0.15) is 87.7 Å². The third-order valence-corrected chi connectivity index (χ3v) is 8.63. The molecule has 4 rings (SSSR count). The Morgan fingerprint density at radius 3 is 2.00 bits per heavy atom. The quantitative estimate of drug-likeness (QED) is 0.0836. The number of carbonyl (C=O) groups is 3. The number of aromatic nitrogens is 2. The number of hydrogen-bond acceptors (Lipinski definition) is 7. The van der Waals surface area contributed by atoms with Gasteiger partial charge in [0.2, 0.25) is 5.91 Å². The summed E-state index contributed by atoms with van der Waals surface area (Å²) in [6, 6.07) is 20.4. The number of nitrogens with one attached hydrogen (secondary N) is 2. The van der Waals surface area contributed by atoms with Crippen molar-refractivity contribution in [2.24, 2.45) is 0 Å². The van der Waals surface area contributed by atoms with Crippen LogP contribution in [0.5, 0.6) is 5.75 Å². The molecule has 3 aromatic carbocycles. The lowest BCUT2D eigenvalue weighted by molar-refractivity contribution is -0.138. The summed E-state index contributed by atoms with van der Waals surface area (Å²) in [5, 5.41) is 24.2.